The number of hydrogen-bond donors (Lipinski definition) is 3. The normalized spacial score (nSPS) is 20.9. The minimum atomic E-state index is -0.122. The van der Waals surface area contributed by atoms with E-state index in [1.165, 1.54) is 0 Å². The van der Waals surface area contributed by atoms with E-state index in [2.05, 4.69) is 27.5 Å². The number of hydrogen-bond acceptors (Lipinski definition) is 4. The lowest BCUT2D eigenvalue weighted by atomic mass is 9.95. The molecule has 1 aromatic heterocycles. The van der Waals surface area contributed by atoms with Crippen molar-refractivity contribution >= 4 is 16.8 Å². The highest BCUT2D eigenvalue weighted by Gasteiger charge is 2.22. The summed E-state index contributed by atoms with van der Waals surface area (Å²) in [6, 6.07) is 7.55. The van der Waals surface area contributed by atoms with Crippen molar-refractivity contribution in [3.05, 3.63) is 40.4 Å². The van der Waals surface area contributed by atoms with Crippen LogP contribution in [0.25, 0.3) is 10.9 Å². The van der Waals surface area contributed by atoms with Gasteiger partial charge in [0.15, 0.2) is 0 Å². The molecular weight excluding hydrogens is 304 g/mol. The summed E-state index contributed by atoms with van der Waals surface area (Å²) in [4.78, 5) is 31.4. The first-order chi connectivity index (χ1) is 11.6. The average molecular weight is 328 g/mol. The van der Waals surface area contributed by atoms with Gasteiger partial charge in [-0.05, 0) is 44.0 Å². The molecule has 3 N–H and O–H groups in total. The SMILES string of the molecule is CC1CNCCC1NC(=O)CCCc1nc2ccccc2c(=O)[nH]1. The van der Waals surface area contributed by atoms with Crippen LogP contribution in [0.2, 0.25) is 0 Å². The second-order valence-electron chi connectivity index (χ2n) is 6.53. The van der Waals surface area contributed by atoms with Crippen molar-refractivity contribution in [2.45, 2.75) is 38.6 Å². The lowest BCUT2D eigenvalue weighted by molar-refractivity contribution is -0.122. The summed E-state index contributed by atoms with van der Waals surface area (Å²) in [5.74, 6) is 1.18. The maximum Gasteiger partial charge on any atom is 0.258 e. The Labute approximate surface area is 141 Å². The van der Waals surface area contributed by atoms with Crippen molar-refractivity contribution in [1.29, 1.82) is 0 Å². The molecule has 1 amide bonds. The number of amides is 1. The summed E-state index contributed by atoms with van der Waals surface area (Å²) >= 11 is 0. The van der Waals surface area contributed by atoms with E-state index in [0.717, 1.165) is 19.5 Å². The average Bonchev–Trinajstić information content (AvgIpc) is 2.57. The predicted octanol–water partition coefficient (Wildman–Crippen LogP) is 1.36. The summed E-state index contributed by atoms with van der Waals surface area (Å²) in [6.07, 6.45) is 2.70. The molecule has 1 fully saturated rings. The zero-order chi connectivity index (χ0) is 16.9. The lowest BCUT2D eigenvalue weighted by Gasteiger charge is -2.30. The number of piperidine rings is 1. The van der Waals surface area contributed by atoms with Crippen LogP contribution in [0.3, 0.4) is 0 Å². The van der Waals surface area contributed by atoms with E-state index >= 15 is 0 Å². The van der Waals surface area contributed by atoms with E-state index in [0.29, 0.717) is 41.9 Å². The van der Waals surface area contributed by atoms with Crippen molar-refractivity contribution < 1.29 is 4.79 Å². The summed E-state index contributed by atoms with van der Waals surface area (Å²) < 4.78 is 0. The van der Waals surface area contributed by atoms with Crippen LogP contribution in [0.5, 0.6) is 0 Å². The largest absolute Gasteiger partial charge is 0.353 e. The van der Waals surface area contributed by atoms with Crippen LogP contribution in [-0.2, 0) is 11.2 Å². The second kappa shape index (κ2) is 7.57. The minimum Gasteiger partial charge on any atom is -0.353 e. The highest BCUT2D eigenvalue weighted by molar-refractivity contribution is 5.77. The topological polar surface area (TPSA) is 86.9 Å². The number of carbonyl (C=O) groups excluding carboxylic acids is 1. The number of fused-ring (bicyclic) bond motifs is 1. The Hall–Kier alpha value is -2.21. The molecule has 2 aromatic rings. The molecule has 2 atom stereocenters. The third kappa shape index (κ3) is 4.00. The van der Waals surface area contributed by atoms with Gasteiger partial charge in [-0.1, -0.05) is 19.1 Å². The van der Waals surface area contributed by atoms with Gasteiger partial charge in [-0.25, -0.2) is 4.98 Å². The smallest absolute Gasteiger partial charge is 0.258 e. The van der Waals surface area contributed by atoms with Gasteiger partial charge in [-0.3, -0.25) is 9.59 Å². The molecule has 6 nitrogen and oxygen atoms in total. The number of rotatable bonds is 5. The predicted molar refractivity (Wildman–Crippen MR) is 93.9 cm³/mol. The summed E-state index contributed by atoms with van der Waals surface area (Å²) in [6.45, 7) is 4.06. The van der Waals surface area contributed by atoms with Crippen LogP contribution in [0.4, 0.5) is 0 Å². The summed E-state index contributed by atoms with van der Waals surface area (Å²) in [5, 5.41) is 7.05. The van der Waals surface area contributed by atoms with Gasteiger partial charge in [0.1, 0.15) is 5.82 Å². The van der Waals surface area contributed by atoms with E-state index in [4.69, 9.17) is 0 Å². The molecule has 0 spiro atoms. The first-order valence-corrected chi connectivity index (χ1v) is 8.61. The molecule has 0 radical (unpaired) electrons. The number of benzene rings is 1. The number of nitrogens with zero attached hydrogens (tertiary/aromatic N) is 1. The molecule has 1 aromatic carbocycles. The van der Waals surface area contributed by atoms with Gasteiger partial charge in [0, 0.05) is 18.9 Å². The molecule has 1 saturated heterocycles. The van der Waals surface area contributed by atoms with Gasteiger partial charge >= 0.3 is 0 Å². The molecule has 1 aliphatic heterocycles. The fourth-order valence-electron chi connectivity index (χ4n) is 3.18. The van der Waals surface area contributed by atoms with Crippen LogP contribution in [0.1, 0.15) is 32.0 Å². The molecule has 0 bridgehead atoms. The van der Waals surface area contributed by atoms with Gasteiger partial charge < -0.3 is 15.6 Å². The van der Waals surface area contributed by atoms with E-state index in [9.17, 15) is 9.59 Å². The Morgan fingerprint density at radius 2 is 2.21 bits per heavy atom. The number of aryl methyl sites for hydroxylation is 1. The third-order valence-corrected chi connectivity index (χ3v) is 4.61. The van der Waals surface area contributed by atoms with Crippen molar-refractivity contribution in [2.75, 3.05) is 13.1 Å². The minimum absolute atomic E-state index is 0.0805. The Morgan fingerprint density at radius 3 is 3.04 bits per heavy atom. The van der Waals surface area contributed by atoms with Crippen LogP contribution in [0, 0.1) is 5.92 Å². The Kier molecular flexibility index (Phi) is 5.25. The van der Waals surface area contributed by atoms with E-state index in [1.54, 1.807) is 6.07 Å². The molecule has 0 saturated carbocycles. The summed E-state index contributed by atoms with van der Waals surface area (Å²) in [7, 11) is 0. The van der Waals surface area contributed by atoms with E-state index < -0.39 is 0 Å². The number of aromatic nitrogens is 2. The molecular formula is C18H24N4O2. The van der Waals surface area contributed by atoms with Crippen molar-refractivity contribution in [3.63, 3.8) is 0 Å². The zero-order valence-electron chi connectivity index (χ0n) is 14.0. The quantitative estimate of drug-likeness (QED) is 0.773. The van der Waals surface area contributed by atoms with Gasteiger partial charge in [-0.2, -0.15) is 0 Å². The number of nitrogens with one attached hydrogen (secondary N) is 3. The number of H-pyrrole nitrogens is 1. The molecule has 0 aliphatic carbocycles. The van der Waals surface area contributed by atoms with E-state index in [1.807, 2.05) is 18.2 Å². The monoisotopic (exact) mass is 328 g/mol. The van der Waals surface area contributed by atoms with Gasteiger partial charge in [0.05, 0.1) is 10.9 Å². The van der Waals surface area contributed by atoms with Crippen LogP contribution < -0.4 is 16.2 Å². The number of para-hydroxylation sites is 1. The van der Waals surface area contributed by atoms with E-state index in [-0.39, 0.29) is 17.5 Å². The fourth-order valence-corrected chi connectivity index (χ4v) is 3.18. The molecule has 2 heterocycles. The van der Waals surface area contributed by atoms with Crippen molar-refractivity contribution in [1.82, 2.24) is 20.6 Å². The first kappa shape index (κ1) is 16.6. The molecule has 128 valence electrons. The molecule has 3 rings (SSSR count). The van der Waals surface area contributed by atoms with Crippen molar-refractivity contribution in [3.8, 4) is 0 Å². The van der Waals surface area contributed by atoms with Crippen molar-refractivity contribution in [2.24, 2.45) is 5.92 Å². The molecule has 6 heteroatoms. The zero-order valence-corrected chi connectivity index (χ0v) is 14.0. The maximum absolute atomic E-state index is 12.1. The van der Waals surface area contributed by atoms with Gasteiger partial charge in [-0.15, -0.1) is 0 Å². The standard InChI is InChI=1S/C18H24N4O2/c1-12-11-19-10-9-14(12)21-17(23)8-4-7-16-20-15-6-3-2-5-13(15)18(24)22-16/h2-3,5-6,12,14,19H,4,7-11H2,1H3,(H,21,23)(H,20,22,24). The highest BCUT2D eigenvalue weighted by Crippen LogP contribution is 2.11. The Bertz CT molecular complexity index is 771. The van der Waals surface area contributed by atoms with Gasteiger partial charge in [0.25, 0.3) is 5.56 Å². The molecule has 1 aliphatic rings. The third-order valence-electron chi connectivity index (χ3n) is 4.61. The van der Waals surface area contributed by atoms with Gasteiger partial charge in [0.2, 0.25) is 5.91 Å². The first-order valence-electron chi connectivity index (χ1n) is 8.61. The maximum atomic E-state index is 12.1. The highest BCUT2D eigenvalue weighted by atomic mass is 16.1. The number of aromatic amines is 1. The molecule has 24 heavy (non-hydrogen) atoms. The van der Waals surface area contributed by atoms with Crippen LogP contribution in [-0.4, -0.2) is 35.0 Å². The summed E-state index contributed by atoms with van der Waals surface area (Å²) in [5.41, 5.74) is 0.577. The Morgan fingerprint density at radius 1 is 1.38 bits per heavy atom. The fraction of sp³-hybridized carbons (Fsp3) is 0.500. The lowest BCUT2D eigenvalue weighted by Crippen LogP contribution is -2.48. The Balaban J connectivity index is 1.52. The molecule has 2 unspecified atom stereocenters. The second-order valence-corrected chi connectivity index (χ2v) is 6.53. The number of carbonyl (C=O) groups is 1. The van der Waals surface area contributed by atoms with Crippen LogP contribution in [0.15, 0.2) is 29.1 Å². The van der Waals surface area contributed by atoms with Crippen LogP contribution >= 0.6 is 0 Å².